The average Bonchev–Trinajstić information content (AvgIpc) is 2.82. The molecule has 0 aromatic carbocycles. The number of thioether (sulfide) groups is 1. The van der Waals surface area contributed by atoms with Crippen molar-refractivity contribution in [2.75, 3.05) is 25.2 Å². The van der Waals surface area contributed by atoms with E-state index in [4.69, 9.17) is 0 Å². The molecule has 0 radical (unpaired) electrons. The molecule has 5 nitrogen and oxygen atoms in total. The highest BCUT2D eigenvalue weighted by molar-refractivity contribution is 7.99. The van der Waals surface area contributed by atoms with Gasteiger partial charge in [-0.15, -0.1) is 0 Å². The highest BCUT2D eigenvalue weighted by atomic mass is 32.2. The summed E-state index contributed by atoms with van der Waals surface area (Å²) in [6.45, 7) is 4.32. The summed E-state index contributed by atoms with van der Waals surface area (Å²) in [5.41, 5.74) is 0.0976. The van der Waals surface area contributed by atoms with E-state index in [1.54, 1.807) is 11.8 Å². The molecule has 0 fully saturated rings. The van der Waals surface area contributed by atoms with Crippen molar-refractivity contribution in [2.45, 2.75) is 25.5 Å². The molecule has 7 heteroatoms. The quantitative estimate of drug-likeness (QED) is 0.617. The molecule has 0 aliphatic carbocycles. The number of thiazole rings is 1. The Morgan fingerprint density at radius 3 is 2.74 bits per heavy atom. The molecule has 19 heavy (non-hydrogen) atoms. The number of esters is 1. The Morgan fingerprint density at radius 2 is 2.21 bits per heavy atom. The lowest BCUT2D eigenvalue weighted by Gasteiger charge is -2.07. The van der Waals surface area contributed by atoms with Gasteiger partial charge < -0.3 is 10.1 Å². The third-order valence-corrected chi connectivity index (χ3v) is 4.71. The van der Waals surface area contributed by atoms with E-state index in [1.165, 1.54) is 25.4 Å². The Balaban J connectivity index is 2.75. The first-order valence-corrected chi connectivity index (χ1v) is 7.96. The normalized spacial score (nSPS) is 12.0. The number of Topliss-reactive ketones (excluding diaryl/α,β-unsaturated/α-hetero) is 1. The molecule has 1 N–H and O–H groups in total. The molecule has 0 saturated carbocycles. The van der Waals surface area contributed by atoms with Gasteiger partial charge in [-0.3, -0.25) is 4.79 Å². The van der Waals surface area contributed by atoms with Crippen molar-refractivity contribution < 1.29 is 14.3 Å². The van der Waals surface area contributed by atoms with Crippen molar-refractivity contribution in [3.8, 4) is 0 Å². The van der Waals surface area contributed by atoms with Crippen molar-refractivity contribution in [2.24, 2.45) is 0 Å². The zero-order chi connectivity index (χ0) is 14.4. The molecular weight excluding hydrogens is 284 g/mol. The zero-order valence-corrected chi connectivity index (χ0v) is 13.1. The number of carbonyl (C=O) groups excluding carboxylic acids is 2. The van der Waals surface area contributed by atoms with Crippen molar-refractivity contribution in [3.05, 3.63) is 10.6 Å². The van der Waals surface area contributed by atoms with Gasteiger partial charge in [0.15, 0.2) is 16.6 Å². The summed E-state index contributed by atoms with van der Waals surface area (Å²) < 4.78 is 4.62. The van der Waals surface area contributed by atoms with Gasteiger partial charge in [-0.05, 0) is 12.7 Å². The van der Waals surface area contributed by atoms with Crippen molar-refractivity contribution in [1.29, 1.82) is 0 Å². The van der Waals surface area contributed by atoms with Crippen LogP contribution in [-0.2, 0) is 4.74 Å². The summed E-state index contributed by atoms with van der Waals surface area (Å²) in [6, 6.07) is 0. The van der Waals surface area contributed by atoms with Gasteiger partial charge in [-0.25, -0.2) is 9.78 Å². The van der Waals surface area contributed by atoms with Gasteiger partial charge in [0, 0.05) is 18.7 Å². The molecule has 1 aromatic heterocycles. The molecule has 0 spiro atoms. The molecule has 1 unspecified atom stereocenters. The van der Waals surface area contributed by atoms with Crippen molar-refractivity contribution in [1.82, 2.24) is 4.98 Å². The molecule has 0 saturated heterocycles. The summed E-state index contributed by atoms with van der Waals surface area (Å²) in [7, 11) is 1.28. The number of anilines is 1. The SMILES string of the molecule is COC(=O)c1nc(NCCC(C)SC)sc1C(C)=O. The van der Waals surface area contributed by atoms with Crippen molar-refractivity contribution >= 4 is 40.0 Å². The fourth-order valence-corrected chi connectivity index (χ4v) is 2.60. The van der Waals surface area contributed by atoms with Crippen LogP contribution in [0.2, 0.25) is 0 Å². The average molecular weight is 302 g/mol. The maximum Gasteiger partial charge on any atom is 0.358 e. The van der Waals surface area contributed by atoms with Gasteiger partial charge in [0.1, 0.15) is 4.88 Å². The van der Waals surface area contributed by atoms with Crippen LogP contribution in [0, 0.1) is 0 Å². The highest BCUT2D eigenvalue weighted by Crippen LogP contribution is 2.24. The molecule has 1 heterocycles. The Hall–Kier alpha value is -1.08. The molecule has 0 aliphatic heterocycles. The fraction of sp³-hybridized carbons (Fsp3) is 0.583. The van der Waals surface area contributed by atoms with Gasteiger partial charge in [0.2, 0.25) is 0 Å². The Morgan fingerprint density at radius 1 is 1.53 bits per heavy atom. The van der Waals surface area contributed by atoms with Crippen LogP contribution in [0.1, 0.15) is 40.4 Å². The second kappa shape index (κ2) is 7.49. The van der Waals surface area contributed by atoms with Crippen LogP contribution in [0.25, 0.3) is 0 Å². The van der Waals surface area contributed by atoms with Crippen LogP contribution >= 0.6 is 23.1 Å². The van der Waals surface area contributed by atoms with Crippen LogP contribution in [-0.4, -0.2) is 41.9 Å². The summed E-state index contributed by atoms with van der Waals surface area (Å²) in [5.74, 6) is -0.754. The number of nitrogens with zero attached hydrogens (tertiary/aromatic N) is 1. The lowest BCUT2D eigenvalue weighted by atomic mass is 10.3. The number of methoxy groups -OCH3 is 1. The second-order valence-electron chi connectivity index (χ2n) is 4.01. The smallest absolute Gasteiger partial charge is 0.358 e. The number of aromatic nitrogens is 1. The Kier molecular flexibility index (Phi) is 6.30. The number of nitrogens with one attached hydrogen (secondary N) is 1. The van der Waals surface area contributed by atoms with E-state index in [2.05, 4.69) is 28.2 Å². The van der Waals surface area contributed by atoms with E-state index in [0.717, 1.165) is 13.0 Å². The predicted octanol–water partition coefficient (Wildman–Crippen LogP) is 2.69. The molecule has 1 atom stereocenters. The monoisotopic (exact) mass is 302 g/mol. The number of ketones is 1. The topological polar surface area (TPSA) is 68.3 Å². The minimum Gasteiger partial charge on any atom is -0.464 e. The van der Waals surface area contributed by atoms with E-state index < -0.39 is 5.97 Å². The first-order chi connectivity index (χ1) is 8.99. The molecule has 0 aliphatic rings. The number of ether oxygens (including phenoxy) is 1. The minimum absolute atomic E-state index is 0.0976. The van der Waals surface area contributed by atoms with Gasteiger partial charge in [0.25, 0.3) is 0 Å². The van der Waals surface area contributed by atoms with Crippen LogP contribution in [0.5, 0.6) is 0 Å². The fourth-order valence-electron chi connectivity index (χ4n) is 1.37. The summed E-state index contributed by atoms with van der Waals surface area (Å²) >= 11 is 2.99. The van der Waals surface area contributed by atoms with Crippen LogP contribution in [0.4, 0.5) is 5.13 Å². The van der Waals surface area contributed by atoms with E-state index in [0.29, 0.717) is 15.3 Å². The summed E-state index contributed by atoms with van der Waals surface area (Å²) in [5, 5.41) is 4.28. The second-order valence-corrected chi connectivity index (χ2v) is 6.28. The maximum atomic E-state index is 11.5. The molecule has 0 amide bonds. The van der Waals surface area contributed by atoms with E-state index >= 15 is 0 Å². The third kappa shape index (κ3) is 4.50. The van der Waals surface area contributed by atoms with Gasteiger partial charge in [0.05, 0.1) is 7.11 Å². The van der Waals surface area contributed by atoms with Gasteiger partial charge in [-0.2, -0.15) is 11.8 Å². The molecule has 1 rings (SSSR count). The van der Waals surface area contributed by atoms with E-state index in [9.17, 15) is 9.59 Å². The van der Waals surface area contributed by atoms with Crippen LogP contribution < -0.4 is 5.32 Å². The minimum atomic E-state index is -0.577. The molecule has 106 valence electrons. The zero-order valence-electron chi connectivity index (χ0n) is 11.5. The standard InChI is InChI=1S/C12H18N2O3S2/c1-7(18-4)5-6-13-12-14-9(11(16)17-3)10(19-12)8(2)15/h7H,5-6H2,1-4H3,(H,13,14). The van der Waals surface area contributed by atoms with Crippen LogP contribution in [0.15, 0.2) is 0 Å². The predicted molar refractivity (Wildman–Crippen MR) is 79.5 cm³/mol. The number of hydrogen-bond acceptors (Lipinski definition) is 7. The number of carbonyl (C=O) groups is 2. The molecule has 1 aromatic rings. The largest absolute Gasteiger partial charge is 0.464 e. The van der Waals surface area contributed by atoms with E-state index in [1.807, 2.05) is 0 Å². The van der Waals surface area contributed by atoms with Gasteiger partial charge in [-0.1, -0.05) is 18.3 Å². The number of rotatable bonds is 7. The molecular formula is C12H18N2O3S2. The van der Waals surface area contributed by atoms with Gasteiger partial charge >= 0.3 is 5.97 Å². The lowest BCUT2D eigenvalue weighted by Crippen LogP contribution is -2.09. The maximum absolute atomic E-state index is 11.5. The van der Waals surface area contributed by atoms with E-state index in [-0.39, 0.29) is 11.5 Å². The first-order valence-electron chi connectivity index (χ1n) is 5.86. The number of hydrogen-bond donors (Lipinski definition) is 1. The Bertz CT molecular complexity index is 460. The van der Waals surface area contributed by atoms with Crippen molar-refractivity contribution in [3.63, 3.8) is 0 Å². The lowest BCUT2D eigenvalue weighted by molar-refractivity contribution is 0.0591. The Labute approximate surface area is 121 Å². The first kappa shape index (κ1) is 16.0. The van der Waals surface area contributed by atoms with Crippen LogP contribution in [0.3, 0.4) is 0 Å². The summed E-state index contributed by atoms with van der Waals surface area (Å²) in [6.07, 6.45) is 3.06. The highest BCUT2D eigenvalue weighted by Gasteiger charge is 2.21. The molecule has 0 bridgehead atoms. The third-order valence-electron chi connectivity index (χ3n) is 2.56. The summed E-state index contributed by atoms with van der Waals surface area (Å²) in [4.78, 5) is 27.4.